The third-order valence-corrected chi connectivity index (χ3v) is 4.05. The van der Waals surface area contributed by atoms with Gasteiger partial charge in [0, 0.05) is 20.2 Å². The average molecular weight is 263 g/mol. The fraction of sp³-hybridized carbons (Fsp3) is 0.647. The third-order valence-electron chi connectivity index (χ3n) is 4.05. The first kappa shape index (κ1) is 16.2. The van der Waals surface area contributed by atoms with Gasteiger partial charge in [-0.05, 0) is 29.9 Å². The predicted molar refractivity (Wildman–Crippen MR) is 82.7 cm³/mol. The zero-order valence-corrected chi connectivity index (χ0v) is 12.9. The first-order valence-electron chi connectivity index (χ1n) is 7.49. The van der Waals surface area contributed by atoms with Gasteiger partial charge in [0.2, 0.25) is 0 Å². The highest BCUT2D eigenvalue weighted by Gasteiger charge is 2.21. The van der Waals surface area contributed by atoms with Crippen LogP contribution in [0.25, 0.3) is 0 Å². The zero-order chi connectivity index (χ0) is 14.1. The summed E-state index contributed by atoms with van der Waals surface area (Å²) in [7, 11) is 1.75. The minimum Gasteiger partial charge on any atom is -0.383 e. The van der Waals surface area contributed by atoms with Crippen molar-refractivity contribution in [1.82, 2.24) is 5.32 Å². The van der Waals surface area contributed by atoms with E-state index < -0.39 is 0 Å². The third kappa shape index (κ3) is 4.96. The second-order valence-corrected chi connectivity index (χ2v) is 5.24. The molecule has 1 aromatic rings. The van der Waals surface area contributed by atoms with Crippen molar-refractivity contribution in [3.63, 3.8) is 0 Å². The van der Waals surface area contributed by atoms with Gasteiger partial charge in [0.05, 0.1) is 6.61 Å². The van der Waals surface area contributed by atoms with Gasteiger partial charge < -0.3 is 10.1 Å². The van der Waals surface area contributed by atoms with Crippen molar-refractivity contribution < 1.29 is 4.74 Å². The summed E-state index contributed by atoms with van der Waals surface area (Å²) in [6.45, 7) is 9.58. The summed E-state index contributed by atoms with van der Waals surface area (Å²) in [4.78, 5) is 0. The molecule has 0 fully saturated rings. The molecule has 1 rings (SSSR count). The Hall–Kier alpha value is -0.860. The Bertz CT molecular complexity index is 347. The second-order valence-electron chi connectivity index (χ2n) is 5.24. The maximum absolute atomic E-state index is 5.10. The minimum atomic E-state index is 0.605. The second kappa shape index (κ2) is 9.11. The van der Waals surface area contributed by atoms with Gasteiger partial charge in [-0.15, -0.1) is 0 Å². The quantitative estimate of drug-likeness (QED) is 0.685. The SMILES string of the molecule is CCC(CC)C(CNCCOC)c1ccccc1C. The molecule has 2 nitrogen and oxygen atoms in total. The highest BCUT2D eigenvalue weighted by atomic mass is 16.5. The Kier molecular flexibility index (Phi) is 7.76. The standard InChI is InChI=1S/C17H29NO/c1-5-15(6-2)17(13-18-11-12-19-4)16-10-8-7-9-14(16)3/h7-10,15,17-18H,5-6,11-13H2,1-4H3. The summed E-state index contributed by atoms with van der Waals surface area (Å²) >= 11 is 0. The highest BCUT2D eigenvalue weighted by molar-refractivity contribution is 5.30. The molecule has 2 heteroatoms. The lowest BCUT2D eigenvalue weighted by atomic mass is 9.81. The molecule has 0 bridgehead atoms. The number of aryl methyl sites for hydroxylation is 1. The minimum absolute atomic E-state index is 0.605. The van der Waals surface area contributed by atoms with Crippen molar-refractivity contribution in [2.24, 2.45) is 5.92 Å². The van der Waals surface area contributed by atoms with Crippen LogP contribution in [-0.4, -0.2) is 26.8 Å². The molecule has 0 spiro atoms. The molecule has 0 aromatic heterocycles. The van der Waals surface area contributed by atoms with E-state index in [0.29, 0.717) is 5.92 Å². The van der Waals surface area contributed by atoms with Crippen molar-refractivity contribution in [3.8, 4) is 0 Å². The number of hydrogen-bond donors (Lipinski definition) is 1. The van der Waals surface area contributed by atoms with Crippen LogP contribution in [0.15, 0.2) is 24.3 Å². The van der Waals surface area contributed by atoms with E-state index in [1.165, 1.54) is 24.0 Å². The van der Waals surface area contributed by atoms with Crippen LogP contribution < -0.4 is 5.32 Å². The topological polar surface area (TPSA) is 21.3 Å². The van der Waals surface area contributed by atoms with Crippen LogP contribution in [0.2, 0.25) is 0 Å². The Labute approximate surface area is 118 Å². The van der Waals surface area contributed by atoms with Crippen LogP contribution in [0, 0.1) is 12.8 Å². The molecule has 1 aromatic carbocycles. The monoisotopic (exact) mass is 263 g/mol. The Balaban J connectivity index is 2.77. The molecular weight excluding hydrogens is 234 g/mol. The molecule has 0 aliphatic heterocycles. The Morgan fingerprint density at radius 1 is 1.16 bits per heavy atom. The van der Waals surface area contributed by atoms with Crippen LogP contribution in [0.5, 0.6) is 0 Å². The molecule has 1 N–H and O–H groups in total. The van der Waals surface area contributed by atoms with E-state index in [1.54, 1.807) is 7.11 Å². The fourth-order valence-corrected chi connectivity index (χ4v) is 2.82. The van der Waals surface area contributed by atoms with Gasteiger partial charge in [-0.2, -0.15) is 0 Å². The highest BCUT2D eigenvalue weighted by Crippen LogP contribution is 2.31. The van der Waals surface area contributed by atoms with Crippen LogP contribution in [0.1, 0.15) is 43.7 Å². The summed E-state index contributed by atoms with van der Waals surface area (Å²) in [5.41, 5.74) is 2.91. The van der Waals surface area contributed by atoms with Gasteiger partial charge in [-0.3, -0.25) is 0 Å². The molecule has 19 heavy (non-hydrogen) atoms. The van der Waals surface area contributed by atoms with E-state index in [0.717, 1.165) is 25.6 Å². The number of hydrogen-bond acceptors (Lipinski definition) is 2. The summed E-state index contributed by atoms with van der Waals surface area (Å²) in [5.74, 6) is 1.35. The predicted octanol–water partition coefficient (Wildman–Crippen LogP) is 3.75. The Morgan fingerprint density at radius 3 is 2.42 bits per heavy atom. The molecule has 108 valence electrons. The van der Waals surface area contributed by atoms with E-state index in [9.17, 15) is 0 Å². The normalized spacial score (nSPS) is 12.9. The van der Waals surface area contributed by atoms with E-state index in [-0.39, 0.29) is 0 Å². The molecule has 1 atom stereocenters. The van der Waals surface area contributed by atoms with Crippen molar-refractivity contribution in [2.45, 2.75) is 39.5 Å². The van der Waals surface area contributed by atoms with Gasteiger partial charge in [0.15, 0.2) is 0 Å². The smallest absolute Gasteiger partial charge is 0.0587 e. The van der Waals surface area contributed by atoms with Gasteiger partial charge in [0.1, 0.15) is 0 Å². The maximum atomic E-state index is 5.10. The lowest BCUT2D eigenvalue weighted by Crippen LogP contribution is -2.29. The summed E-state index contributed by atoms with van der Waals surface area (Å²) in [5, 5.41) is 3.54. The van der Waals surface area contributed by atoms with Crippen LogP contribution in [0.4, 0.5) is 0 Å². The molecular formula is C17H29NO. The fourth-order valence-electron chi connectivity index (χ4n) is 2.82. The zero-order valence-electron chi connectivity index (χ0n) is 12.9. The molecule has 0 aliphatic carbocycles. The number of nitrogens with one attached hydrogen (secondary N) is 1. The van der Waals surface area contributed by atoms with Gasteiger partial charge in [-0.25, -0.2) is 0 Å². The van der Waals surface area contributed by atoms with Crippen molar-refractivity contribution in [3.05, 3.63) is 35.4 Å². The Morgan fingerprint density at radius 2 is 1.84 bits per heavy atom. The molecule has 0 saturated carbocycles. The van der Waals surface area contributed by atoms with Gasteiger partial charge in [0.25, 0.3) is 0 Å². The molecule has 0 amide bonds. The summed E-state index contributed by atoms with van der Waals surface area (Å²) in [6, 6.07) is 8.80. The maximum Gasteiger partial charge on any atom is 0.0587 e. The lowest BCUT2D eigenvalue weighted by molar-refractivity contribution is 0.197. The number of benzene rings is 1. The van der Waals surface area contributed by atoms with Gasteiger partial charge >= 0.3 is 0 Å². The average Bonchev–Trinajstić information content (AvgIpc) is 2.43. The molecule has 0 aliphatic rings. The molecule has 0 saturated heterocycles. The number of ether oxygens (including phenoxy) is 1. The molecule has 0 heterocycles. The summed E-state index contributed by atoms with van der Waals surface area (Å²) < 4.78 is 5.10. The number of methoxy groups -OCH3 is 1. The first-order valence-corrected chi connectivity index (χ1v) is 7.49. The first-order chi connectivity index (χ1) is 9.24. The lowest BCUT2D eigenvalue weighted by Gasteiger charge is -2.27. The van der Waals surface area contributed by atoms with Crippen LogP contribution >= 0.6 is 0 Å². The van der Waals surface area contributed by atoms with Crippen molar-refractivity contribution >= 4 is 0 Å². The van der Waals surface area contributed by atoms with E-state index in [1.807, 2.05) is 0 Å². The van der Waals surface area contributed by atoms with E-state index >= 15 is 0 Å². The molecule has 1 unspecified atom stereocenters. The van der Waals surface area contributed by atoms with E-state index in [2.05, 4.69) is 50.4 Å². The number of rotatable bonds is 9. The van der Waals surface area contributed by atoms with Crippen LogP contribution in [0.3, 0.4) is 0 Å². The van der Waals surface area contributed by atoms with E-state index in [4.69, 9.17) is 4.74 Å². The largest absolute Gasteiger partial charge is 0.383 e. The van der Waals surface area contributed by atoms with Crippen molar-refractivity contribution in [2.75, 3.05) is 26.8 Å². The van der Waals surface area contributed by atoms with Crippen LogP contribution in [-0.2, 0) is 4.74 Å². The summed E-state index contributed by atoms with van der Waals surface area (Å²) in [6.07, 6.45) is 2.48. The van der Waals surface area contributed by atoms with Crippen molar-refractivity contribution in [1.29, 1.82) is 0 Å². The van der Waals surface area contributed by atoms with Gasteiger partial charge in [-0.1, -0.05) is 51.0 Å². The molecule has 0 radical (unpaired) electrons.